The van der Waals surface area contributed by atoms with Gasteiger partial charge in [-0.1, -0.05) is 111 Å². The minimum atomic E-state index is -0.0296. The quantitative estimate of drug-likeness (QED) is 0.188. The van der Waals surface area contributed by atoms with E-state index in [0.29, 0.717) is 0 Å². The lowest BCUT2D eigenvalue weighted by Crippen LogP contribution is -2.14. The number of benzene rings is 7. The molecule has 0 aliphatic heterocycles. The van der Waals surface area contributed by atoms with Crippen LogP contribution in [-0.2, 0) is 5.41 Å². The molecule has 0 N–H and O–H groups in total. The third-order valence-corrected chi connectivity index (χ3v) is 11.3. The van der Waals surface area contributed by atoms with Gasteiger partial charge in [0.15, 0.2) is 0 Å². The molecule has 0 saturated carbocycles. The highest BCUT2D eigenvalue weighted by atomic mass is 32.1. The normalized spacial score (nSPS) is 13.7. The molecule has 0 radical (unpaired) electrons. The van der Waals surface area contributed by atoms with Crippen molar-refractivity contribution in [2.75, 3.05) is 0 Å². The summed E-state index contributed by atoms with van der Waals surface area (Å²) in [6, 6.07) is 52.0. The van der Waals surface area contributed by atoms with Crippen molar-refractivity contribution >= 4 is 64.1 Å². The van der Waals surface area contributed by atoms with Gasteiger partial charge in [-0.05, 0) is 81.2 Å². The van der Waals surface area contributed by atoms with Gasteiger partial charge < -0.3 is 4.57 Å². The lowest BCUT2D eigenvalue weighted by atomic mass is 9.81. The maximum absolute atomic E-state index is 2.49. The van der Waals surface area contributed by atoms with E-state index in [-0.39, 0.29) is 5.41 Å². The topological polar surface area (TPSA) is 4.93 Å². The van der Waals surface area contributed by atoms with Gasteiger partial charge in [0, 0.05) is 41.7 Å². The van der Waals surface area contributed by atoms with Gasteiger partial charge in [0.25, 0.3) is 0 Å². The van der Waals surface area contributed by atoms with Gasteiger partial charge in [0.2, 0.25) is 0 Å². The molecule has 9 aromatic rings. The van der Waals surface area contributed by atoms with E-state index >= 15 is 0 Å². The Morgan fingerprint density at radius 3 is 2.13 bits per heavy atom. The highest BCUT2D eigenvalue weighted by Gasteiger charge is 2.35. The van der Waals surface area contributed by atoms with Crippen molar-refractivity contribution in [1.82, 2.24) is 4.57 Å². The Morgan fingerprint density at radius 2 is 1.20 bits per heavy atom. The Balaban J connectivity index is 1.29. The Kier molecular flexibility index (Phi) is 5.00. The molecule has 0 unspecified atom stereocenters. The smallest absolute Gasteiger partial charge is 0.0548 e. The fourth-order valence-electron chi connectivity index (χ4n) is 8.05. The summed E-state index contributed by atoms with van der Waals surface area (Å²) in [6.45, 7) is 4.72. The number of hydrogen-bond acceptors (Lipinski definition) is 1. The van der Waals surface area contributed by atoms with Crippen LogP contribution in [0.5, 0.6) is 0 Å². The second-order valence-electron chi connectivity index (χ2n) is 12.9. The van der Waals surface area contributed by atoms with Crippen LogP contribution in [0.25, 0.3) is 80.7 Å². The van der Waals surface area contributed by atoms with Gasteiger partial charge in [-0.2, -0.15) is 0 Å². The molecule has 1 aliphatic carbocycles. The molecule has 2 aromatic heterocycles. The van der Waals surface area contributed by atoms with Gasteiger partial charge in [0.1, 0.15) is 0 Å². The maximum Gasteiger partial charge on any atom is 0.0548 e. The minimum absolute atomic E-state index is 0.0296. The summed E-state index contributed by atoms with van der Waals surface area (Å²) in [7, 11) is 0. The summed E-state index contributed by atoms with van der Waals surface area (Å²) >= 11 is 1.89. The minimum Gasteiger partial charge on any atom is -0.309 e. The first kappa shape index (κ1) is 25.2. The fourth-order valence-corrected chi connectivity index (χ4v) is 9.17. The first-order valence-corrected chi connectivity index (χ1v) is 16.5. The van der Waals surface area contributed by atoms with Crippen molar-refractivity contribution < 1.29 is 0 Å². The molecule has 0 atom stereocenters. The Hall–Kier alpha value is -5.18. The van der Waals surface area contributed by atoms with Gasteiger partial charge in [-0.15, -0.1) is 11.3 Å². The Morgan fingerprint density at radius 1 is 0.489 bits per heavy atom. The summed E-state index contributed by atoms with van der Waals surface area (Å²) in [4.78, 5) is 0. The number of aromatic nitrogens is 1. The van der Waals surface area contributed by atoms with Crippen molar-refractivity contribution in [2.45, 2.75) is 19.3 Å². The average Bonchev–Trinajstić information content (AvgIpc) is 3.69. The molecule has 10 rings (SSSR count). The Bertz CT molecular complexity index is 2680. The van der Waals surface area contributed by atoms with Crippen molar-refractivity contribution in [3.05, 3.63) is 151 Å². The number of hydrogen-bond donors (Lipinski definition) is 0. The molecule has 212 valence electrons. The number of nitrogens with zero attached hydrogens (tertiary/aromatic N) is 1. The summed E-state index contributed by atoms with van der Waals surface area (Å²) in [6.07, 6.45) is 0. The van der Waals surface area contributed by atoms with E-state index in [4.69, 9.17) is 0 Å². The van der Waals surface area contributed by atoms with Crippen molar-refractivity contribution in [3.63, 3.8) is 0 Å². The van der Waals surface area contributed by atoms with Crippen LogP contribution in [0.2, 0.25) is 0 Å². The highest BCUT2D eigenvalue weighted by Crippen LogP contribution is 2.50. The molecule has 2 heterocycles. The largest absolute Gasteiger partial charge is 0.309 e. The second-order valence-corrected chi connectivity index (χ2v) is 14.0. The van der Waals surface area contributed by atoms with Crippen molar-refractivity contribution in [3.8, 4) is 27.9 Å². The van der Waals surface area contributed by atoms with Crippen LogP contribution in [0.4, 0.5) is 0 Å². The van der Waals surface area contributed by atoms with E-state index in [1.807, 2.05) is 11.3 Å². The summed E-state index contributed by atoms with van der Waals surface area (Å²) in [5.74, 6) is 0. The highest BCUT2D eigenvalue weighted by molar-refractivity contribution is 7.26. The van der Waals surface area contributed by atoms with Gasteiger partial charge in [-0.3, -0.25) is 0 Å². The standard InChI is InChI=1S/C43H29NS/c1-43(2)34-15-7-5-13-30(34)31-20-18-28(25-35(31)43)27-19-21-37-33(24-27)41-38(22-23-40-42(41)32-14-6-8-17-39(32)45-40)44(37)36-16-9-11-26-10-3-4-12-29(26)36/h3-25H,1-2H3. The number of fused-ring (bicyclic) bond motifs is 11. The fraction of sp³-hybridized carbons (Fsp3) is 0.0698. The number of thiophene rings is 1. The maximum atomic E-state index is 2.49. The van der Waals surface area contributed by atoms with Crippen LogP contribution >= 0.6 is 11.3 Å². The third kappa shape index (κ3) is 3.38. The molecule has 1 aliphatic rings. The summed E-state index contributed by atoms with van der Waals surface area (Å²) in [5.41, 5.74) is 11.7. The number of rotatable bonds is 2. The molecular formula is C43H29NS. The summed E-state index contributed by atoms with van der Waals surface area (Å²) in [5, 5.41) is 7.85. The predicted octanol–water partition coefficient (Wildman–Crippen LogP) is 12.3. The molecule has 0 fully saturated rings. The Labute approximate surface area is 265 Å². The van der Waals surface area contributed by atoms with Gasteiger partial charge >= 0.3 is 0 Å². The van der Waals surface area contributed by atoms with Gasteiger partial charge in [-0.25, -0.2) is 0 Å². The molecule has 0 saturated heterocycles. The third-order valence-electron chi connectivity index (χ3n) is 10.2. The lowest BCUT2D eigenvalue weighted by molar-refractivity contribution is 0.660. The second kappa shape index (κ2) is 8.94. The molecule has 1 nitrogen and oxygen atoms in total. The molecule has 0 amide bonds. The SMILES string of the molecule is CC1(C)c2ccccc2-c2ccc(-c3ccc4c(c3)c3c5c(ccc3n4-c3cccc4ccccc34)sc3ccccc35)cc21. The molecule has 45 heavy (non-hydrogen) atoms. The van der Waals surface area contributed by atoms with Crippen LogP contribution in [0, 0.1) is 0 Å². The summed E-state index contributed by atoms with van der Waals surface area (Å²) < 4.78 is 5.16. The van der Waals surface area contributed by atoms with Crippen molar-refractivity contribution in [1.29, 1.82) is 0 Å². The predicted molar refractivity (Wildman–Crippen MR) is 194 cm³/mol. The zero-order valence-corrected chi connectivity index (χ0v) is 26.0. The van der Waals surface area contributed by atoms with Gasteiger partial charge in [0.05, 0.1) is 16.7 Å². The van der Waals surface area contributed by atoms with E-state index in [1.54, 1.807) is 0 Å². The van der Waals surface area contributed by atoms with Crippen LogP contribution in [-0.4, -0.2) is 4.57 Å². The molecular weight excluding hydrogens is 563 g/mol. The zero-order chi connectivity index (χ0) is 29.9. The van der Waals surface area contributed by atoms with Crippen LogP contribution in [0.15, 0.2) is 140 Å². The van der Waals surface area contributed by atoms with E-state index in [2.05, 4.69) is 158 Å². The molecule has 2 heteroatoms. The van der Waals surface area contributed by atoms with Crippen LogP contribution < -0.4 is 0 Å². The van der Waals surface area contributed by atoms with E-state index in [0.717, 1.165) is 0 Å². The molecule has 0 spiro atoms. The van der Waals surface area contributed by atoms with Crippen LogP contribution in [0.1, 0.15) is 25.0 Å². The first-order valence-electron chi connectivity index (χ1n) is 15.7. The molecule has 0 bridgehead atoms. The molecule has 7 aromatic carbocycles. The van der Waals surface area contributed by atoms with E-state index in [9.17, 15) is 0 Å². The van der Waals surface area contributed by atoms with Crippen molar-refractivity contribution in [2.24, 2.45) is 0 Å². The van der Waals surface area contributed by atoms with Crippen LogP contribution in [0.3, 0.4) is 0 Å². The lowest BCUT2D eigenvalue weighted by Gasteiger charge is -2.22. The van der Waals surface area contributed by atoms with E-state index < -0.39 is 0 Å². The average molecular weight is 592 g/mol. The monoisotopic (exact) mass is 591 g/mol. The zero-order valence-electron chi connectivity index (χ0n) is 25.1. The van der Waals surface area contributed by atoms with E-state index in [1.165, 1.54) is 91.8 Å². The first-order chi connectivity index (χ1) is 22.1.